The van der Waals surface area contributed by atoms with Gasteiger partial charge in [0.1, 0.15) is 0 Å². The zero-order valence-corrected chi connectivity index (χ0v) is 5.22. The minimum Gasteiger partial charge on any atom is -0.469 e. The van der Waals surface area contributed by atoms with Crippen LogP contribution in [0.15, 0.2) is 12.0 Å². The Balaban J connectivity index is 2.53. The van der Waals surface area contributed by atoms with Gasteiger partial charge in [-0.05, 0) is 12.5 Å². The number of allylic oxidation sites excluding steroid dienone is 1. The van der Waals surface area contributed by atoms with Crippen LogP contribution in [0, 0.1) is 0 Å². The van der Waals surface area contributed by atoms with Crippen molar-refractivity contribution in [1.82, 2.24) is 0 Å². The van der Waals surface area contributed by atoms with E-state index < -0.39 is 0 Å². The summed E-state index contributed by atoms with van der Waals surface area (Å²) in [5.74, 6) is 0.112. The summed E-state index contributed by atoms with van der Waals surface area (Å²) >= 11 is 0. The van der Waals surface area contributed by atoms with Gasteiger partial charge in [-0.1, -0.05) is 0 Å². The summed E-state index contributed by atoms with van der Waals surface area (Å²) in [7, 11) is 1.48. The molecule has 0 aromatic carbocycles. The van der Waals surface area contributed by atoms with Gasteiger partial charge in [-0.15, -0.1) is 0 Å². The van der Waals surface area contributed by atoms with Crippen LogP contribution in [0.4, 0.5) is 0 Å². The van der Waals surface area contributed by atoms with Gasteiger partial charge < -0.3 is 9.47 Å². The van der Waals surface area contributed by atoms with E-state index in [1.54, 1.807) is 6.08 Å². The second-order valence-corrected chi connectivity index (χ2v) is 1.74. The highest BCUT2D eigenvalue weighted by Gasteiger charge is 2.11. The molecular formula is C6H8O3. The van der Waals surface area contributed by atoms with E-state index in [9.17, 15) is 4.79 Å². The van der Waals surface area contributed by atoms with E-state index in [4.69, 9.17) is 0 Å². The van der Waals surface area contributed by atoms with Crippen LogP contribution < -0.4 is 0 Å². The average molecular weight is 128 g/mol. The van der Waals surface area contributed by atoms with Crippen molar-refractivity contribution in [3.63, 3.8) is 0 Å². The lowest BCUT2D eigenvalue weighted by atomic mass is 10.3. The van der Waals surface area contributed by atoms with Gasteiger partial charge in [0.2, 0.25) is 0 Å². The lowest BCUT2D eigenvalue weighted by Crippen LogP contribution is -2.09. The first-order valence-electron chi connectivity index (χ1n) is 2.78. The summed E-state index contributed by atoms with van der Waals surface area (Å²) in [6.45, 7) is 0. The Morgan fingerprint density at radius 3 is 3.00 bits per heavy atom. The first-order chi connectivity index (χ1) is 4.33. The van der Waals surface area contributed by atoms with Crippen molar-refractivity contribution in [2.75, 3.05) is 7.11 Å². The minimum atomic E-state index is -0.214. The molecule has 0 N–H and O–H groups in total. The third-order valence-corrected chi connectivity index (χ3v) is 1.08. The van der Waals surface area contributed by atoms with Crippen molar-refractivity contribution >= 4 is 5.97 Å². The molecule has 0 fully saturated rings. The van der Waals surface area contributed by atoms with Gasteiger partial charge in [0.15, 0.2) is 0 Å². The van der Waals surface area contributed by atoms with Crippen LogP contribution in [0.2, 0.25) is 0 Å². The van der Waals surface area contributed by atoms with Gasteiger partial charge in [-0.3, -0.25) is 4.79 Å². The fraction of sp³-hybridized carbons (Fsp3) is 0.500. The maximum atomic E-state index is 10.5. The Kier molecular flexibility index (Phi) is 1.72. The number of carbonyl (C=O) groups excluding carboxylic acids is 1. The smallest absolute Gasteiger partial charge is 0.313 e. The number of carbonyl (C=O) groups is 1. The number of hydrogen-bond acceptors (Lipinski definition) is 3. The van der Waals surface area contributed by atoms with Crippen LogP contribution in [-0.2, 0) is 14.3 Å². The molecule has 0 aromatic heterocycles. The van der Waals surface area contributed by atoms with Gasteiger partial charge in [-0.25, -0.2) is 0 Å². The lowest BCUT2D eigenvalue weighted by Gasteiger charge is -2.09. The van der Waals surface area contributed by atoms with Crippen LogP contribution in [-0.4, -0.2) is 13.1 Å². The molecule has 1 aliphatic heterocycles. The van der Waals surface area contributed by atoms with Crippen molar-refractivity contribution in [2.45, 2.75) is 12.8 Å². The molecule has 3 heteroatoms. The van der Waals surface area contributed by atoms with Crippen molar-refractivity contribution < 1.29 is 14.3 Å². The van der Waals surface area contributed by atoms with E-state index in [0.29, 0.717) is 12.4 Å². The fourth-order valence-corrected chi connectivity index (χ4v) is 0.638. The highest BCUT2D eigenvalue weighted by molar-refractivity contribution is 5.71. The van der Waals surface area contributed by atoms with E-state index >= 15 is 0 Å². The van der Waals surface area contributed by atoms with Crippen molar-refractivity contribution in [3.05, 3.63) is 12.0 Å². The molecule has 0 aromatic rings. The molecule has 50 valence electrons. The zero-order valence-electron chi connectivity index (χ0n) is 5.22. The van der Waals surface area contributed by atoms with Crippen LogP contribution >= 0.6 is 0 Å². The summed E-state index contributed by atoms with van der Waals surface area (Å²) in [6.07, 6.45) is 2.94. The number of cyclic esters (lactones) is 1. The Morgan fingerprint density at radius 2 is 2.56 bits per heavy atom. The summed E-state index contributed by atoms with van der Waals surface area (Å²) in [5, 5.41) is 0. The molecular weight excluding hydrogens is 120 g/mol. The van der Waals surface area contributed by atoms with Crippen molar-refractivity contribution in [1.29, 1.82) is 0 Å². The Morgan fingerprint density at radius 1 is 1.78 bits per heavy atom. The van der Waals surface area contributed by atoms with Crippen molar-refractivity contribution in [2.24, 2.45) is 0 Å². The Hall–Kier alpha value is -0.990. The lowest BCUT2D eigenvalue weighted by molar-refractivity contribution is -0.145. The quantitative estimate of drug-likeness (QED) is 0.490. The SMILES string of the molecule is COC1=CCCC(=O)O1. The molecule has 0 spiro atoms. The van der Waals surface area contributed by atoms with Gasteiger partial charge in [0.25, 0.3) is 5.95 Å². The molecule has 1 heterocycles. The summed E-state index contributed by atoms with van der Waals surface area (Å²) < 4.78 is 9.32. The van der Waals surface area contributed by atoms with Crippen LogP contribution in [0.25, 0.3) is 0 Å². The molecule has 0 amide bonds. The fourth-order valence-electron chi connectivity index (χ4n) is 0.638. The van der Waals surface area contributed by atoms with Crippen LogP contribution in [0.5, 0.6) is 0 Å². The van der Waals surface area contributed by atoms with Gasteiger partial charge in [0, 0.05) is 6.42 Å². The molecule has 0 saturated heterocycles. The largest absolute Gasteiger partial charge is 0.469 e. The number of esters is 1. The molecule has 0 saturated carbocycles. The van der Waals surface area contributed by atoms with Gasteiger partial charge in [0.05, 0.1) is 7.11 Å². The van der Waals surface area contributed by atoms with E-state index in [0.717, 1.165) is 6.42 Å². The molecule has 0 bridgehead atoms. The standard InChI is InChI=1S/C6H8O3/c1-8-6-4-2-3-5(7)9-6/h4H,2-3H2,1H3. The maximum absolute atomic E-state index is 10.5. The molecule has 0 unspecified atom stereocenters. The third kappa shape index (κ3) is 1.45. The molecule has 0 atom stereocenters. The van der Waals surface area contributed by atoms with Gasteiger partial charge in [-0.2, -0.15) is 0 Å². The molecule has 0 radical (unpaired) electrons. The Labute approximate surface area is 53.3 Å². The predicted octanol–water partition coefficient (Wildman–Crippen LogP) is 0.811. The zero-order chi connectivity index (χ0) is 6.69. The predicted molar refractivity (Wildman–Crippen MR) is 30.4 cm³/mol. The summed E-state index contributed by atoms with van der Waals surface area (Å²) in [5.41, 5.74) is 0. The molecule has 3 nitrogen and oxygen atoms in total. The highest BCUT2D eigenvalue weighted by Crippen LogP contribution is 2.10. The monoisotopic (exact) mass is 128 g/mol. The molecule has 0 aliphatic carbocycles. The normalized spacial score (nSPS) is 18.3. The highest BCUT2D eigenvalue weighted by atomic mass is 16.7. The van der Waals surface area contributed by atoms with Crippen LogP contribution in [0.3, 0.4) is 0 Å². The molecule has 9 heavy (non-hydrogen) atoms. The summed E-state index contributed by atoms with van der Waals surface area (Å²) in [4.78, 5) is 10.5. The van der Waals surface area contributed by atoms with Crippen LogP contribution in [0.1, 0.15) is 12.8 Å². The third-order valence-electron chi connectivity index (χ3n) is 1.08. The van der Waals surface area contributed by atoms with Gasteiger partial charge >= 0.3 is 5.97 Å². The molecule has 1 aliphatic rings. The van der Waals surface area contributed by atoms with E-state index in [-0.39, 0.29) is 5.97 Å². The van der Waals surface area contributed by atoms with E-state index in [1.165, 1.54) is 7.11 Å². The first-order valence-corrected chi connectivity index (χ1v) is 2.78. The second kappa shape index (κ2) is 2.53. The number of hydrogen-bond donors (Lipinski definition) is 0. The Bertz CT molecular complexity index is 148. The van der Waals surface area contributed by atoms with Crippen molar-refractivity contribution in [3.8, 4) is 0 Å². The average Bonchev–Trinajstić information content (AvgIpc) is 1.88. The maximum Gasteiger partial charge on any atom is 0.313 e. The number of ether oxygens (including phenoxy) is 2. The number of methoxy groups -OCH3 is 1. The number of rotatable bonds is 1. The molecule has 1 rings (SSSR count). The topological polar surface area (TPSA) is 35.5 Å². The van der Waals surface area contributed by atoms with E-state index in [1.807, 2.05) is 0 Å². The minimum absolute atomic E-state index is 0.214. The summed E-state index contributed by atoms with van der Waals surface area (Å²) in [6, 6.07) is 0. The second-order valence-electron chi connectivity index (χ2n) is 1.74. The van der Waals surface area contributed by atoms with E-state index in [2.05, 4.69) is 9.47 Å². The first kappa shape index (κ1) is 6.13.